The number of benzene rings is 1. The lowest BCUT2D eigenvalue weighted by molar-refractivity contribution is -0.146. The fourth-order valence-electron chi connectivity index (χ4n) is 3.53. The molecule has 1 aromatic carbocycles. The summed E-state index contributed by atoms with van der Waals surface area (Å²) in [5, 5.41) is -1.72. The third-order valence-electron chi connectivity index (χ3n) is 5.23. The van der Waals surface area contributed by atoms with E-state index >= 15 is 0 Å². The minimum atomic E-state index is -4.01. The predicted molar refractivity (Wildman–Crippen MR) is 111 cm³/mol. The summed E-state index contributed by atoms with van der Waals surface area (Å²) in [7, 11) is -1.92. The highest BCUT2D eigenvalue weighted by atomic mass is 32.2. The molecule has 170 valence electrons. The number of carbonyl (C=O) groups excluding carboxylic acids is 4. The number of amides is 2. The maximum Gasteiger partial charge on any atom is 0.329 e. The van der Waals surface area contributed by atoms with Gasteiger partial charge < -0.3 is 9.47 Å². The second-order valence-electron chi connectivity index (χ2n) is 7.24. The normalized spacial score (nSPS) is 15.4. The van der Waals surface area contributed by atoms with Gasteiger partial charge in [0.15, 0.2) is 15.1 Å². The van der Waals surface area contributed by atoms with Crippen LogP contribution >= 0.6 is 0 Å². The molecule has 2 atom stereocenters. The van der Waals surface area contributed by atoms with Crippen molar-refractivity contribution in [2.24, 2.45) is 0 Å². The summed E-state index contributed by atoms with van der Waals surface area (Å²) < 4.78 is 35.2. The van der Waals surface area contributed by atoms with Crippen molar-refractivity contribution in [1.29, 1.82) is 0 Å². The Balaban J connectivity index is 2.37. The standard InChI is InChI=1S/C21H27NO8S/c1-4-5-6-9-12-31(27,28)17(21(26)30-3)13-16(20(25)29-2)22-18(23)14-10-7-8-11-15(14)19(22)24/h7-8,10-11,16-17H,4-6,9,12-13H2,1-3H3/t16-,17+/m1/s1. The lowest BCUT2D eigenvalue weighted by atomic mass is 10.1. The molecule has 2 amide bonds. The zero-order valence-corrected chi connectivity index (χ0v) is 18.6. The number of esters is 2. The van der Waals surface area contributed by atoms with Gasteiger partial charge in [-0.1, -0.05) is 38.3 Å². The Morgan fingerprint density at radius 3 is 1.97 bits per heavy atom. The second kappa shape index (κ2) is 10.5. The fraction of sp³-hybridized carbons (Fsp3) is 0.524. The van der Waals surface area contributed by atoms with Crippen molar-refractivity contribution in [2.75, 3.05) is 20.0 Å². The fourth-order valence-corrected chi connectivity index (χ4v) is 5.29. The number of ether oxygens (including phenoxy) is 2. The van der Waals surface area contributed by atoms with Gasteiger partial charge in [-0.15, -0.1) is 0 Å². The number of rotatable bonds is 11. The molecule has 31 heavy (non-hydrogen) atoms. The molecular formula is C21H27NO8S. The Morgan fingerprint density at radius 1 is 0.935 bits per heavy atom. The molecule has 0 aromatic heterocycles. The summed E-state index contributed by atoms with van der Waals surface area (Å²) in [6.07, 6.45) is 2.13. The van der Waals surface area contributed by atoms with Crippen LogP contribution in [0.15, 0.2) is 24.3 Å². The SMILES string of the molecule is CCCCCCS(=O)(=O)[C@@H](C[C@H](C(=O)OC)N1C(=O)c2ccccc2C1=O)C(=O)OC. The van der Waals surface area contributed by atoms with Gasteiger partial charge in [0.05, 0.1) is 31.1 Å². The van der Waals surface area contributed by atoms with Crippen molar-refractivity contribution >= 4 is 33.6 Å². The van der Waals surface area contributed by atoms with E-state index in [1.54, 1.807) is 12.1 Å². The van der Waals surface area contributed by atoms with E-state index in [0.717, 1.165) is 27.1 Å². The molecule has 0 saturated carbocycles. The number of hydrogen-bond acceptors (Lipinski definition) is 8. The monoisotopic (exact) mass is 453 g/mol. The first kappa shape index (κ1) is 24.5. The zero-order valence-electron chi connectivity index (χ0n) is 17.8. The third kappa shape index (κ3) is 5.30. The molecule has 1 aliphatic heterocycles. The van der Waals surface area contributed by atoms with Gasteiger partial charge in [-0.05, 0) is 18.6 Å². The van der Waals surface area contributed by atoms with Gasteiger partial charge >= 0.3 is 11.9 Å². The zero-order chi connectivity index (χ0) is 23.2. The molecule has 0 unspecified atom stereocenters. The number of methoxy groups -OCH3 is 2. The number of unbranched alkanes of at least 4 members (excludes halogenated alkanes) is 3. The summed E-state index contributed by atoms with van der Waals surface area (Å²) in [4.78, 5) is 51.1. The van der Waals surface area contributed by atoms with Crippen molar-refractivity contribution in [3.8, 4) is 0 Å². The lowest BCUT2D eigenvalue weighted by Gasteiger charge is -2.26. The topological polar surface area (TPSA) is 124 Å². The Labute approximate surface area is 181 Å². The molecule has 1 aromatic rings. The number of nitrogens with zero attached hydrogens (tertiary/aromatic N) is 1. The summed E-state index contributed by atoms with van der Waals surface area (Å²) in [5.74, 6) is -3.83. The van der Waals surface area contributed by atoms with Crippen LogP contribution in [0.2, 0.25) is 0 Å². The molecule has 0 saturated heterocycles. The van der Waals surface area contributed by atoms with Crippen LogP contribution in [0.25, 0.3) is 0 Å². The highest BCUT2D eigenvalue weighted by molar-refractivity contribution is 7.92. The minimum absolute atomic E-state index is 0.0958. The van der Waals surface area contributed by atoms with Gasteiger partial charge in [0.25, 0.3) is 11.8 Å². The molecule has 0 fully saturated rings. The van der Waals surface area contributed by atoms with Crippen LogP contribution in [0.4, 0.5) is 0 Å². The average Bonchev–Trinajstić information content (AvgIpc) is 3.01. The van der Waals surface area contributed by atoms with E-state index in [2.05, 4.69) is 4.74 Å². The maximum absolute atomic E-state index is 12.9. The molecule has 2 rings (SSSR count). The smallest absolute Gasteiger partial charge is 0.329 e. The van der Waals surface area contributed by atoms with Crippen LogP contribution in [0.5, 0.6) is 0 Å². The van der Waals surface area contributed by atoms with Crippen LogP contribution < -0.4 is 0 Å². The second-order valence-corrected chi connectivity index (χ2v) is 9.54. The molecule has 0 N–H and O–H groups in total. The molecule has 9 nitrogen and oxygen atoms in total. The van der Waals surface area contributed by atoms with E-state index in [1.165, 1.54) is 12.1 Å². The van der Waals surface area contributed by atoms with Gasteiger partial charge in [0, 0.05) is 6.42 Å². The number of imide groups is 1. The summed E-state index contributed by atoms with van der Waals surface area (Å²) in [6, 6.07) is 4.42. The number of sulfone groups is 1. The Morgan fingerprint density at radius 2 is 1.48 bits per heavy atom. The van der Waals surface area contributed by atoms with E-state index in [4.69, 9.17) is 4.74 Å². The quantitative estimate of drug-likeness (QED) is 0.282. The van der Waals surface area contributed by atoms with Crippen molar-refractivity contribution in [3.63, 3.8) is 0 Å². The van der Waals surface area contributed by atoms with Gasteiger partial charge in [0.2, 0.25) is 0 Å². The van der Waals surface area contributed by atoms with Crippen LogP contribution in [0, 0.1) is 0 Å². The molecule has 1 heterocycles. The maximum atomic E-state index is 12.9. The molecule has 0 bridgehead atoms. The van der Waals surface area contributed by atoms with Crippen molar-refractivity contribution < 1.29 is 37.1 Å². The first-order valence-electron chi connectivity index (χ1n) is 10.0. The molecule has 10 heteroatoms. The van der Waals surface area contributed by atoms with Crippen molar-refractivity contribution in [1.82, 2.24) is 4.90 Å². The number of hydrogen-bond donors (Lipinski definition) is 0. The van der Waals surface area contributed by atoms with Crippen LogP contribution in [-0.4, -0.2) is 68.3 Å². The van der Waals surface area contributed by atoms with Crippen molar-refractivity contribution in [3.05, 3.63) is 35.4 Å². The van der Waals surface area contributed by atoms with Crippen LogP contribution in [-0.2, 0) is 28.9 Å². The predicted octanol–water partition coefficient (Wildman–Crippen LogP) is 1.75. The number of carbonyl (C=O) groups is 4. The molecule has 0 radical (unpaired) electrons. The highest BCUT2D eigenvalue weighted by Gasteiger charge is 2.47. The minimum Gasteiger partial charge on any atom is -0.468 e. The van der Waals surface area contributed by atoms with Crippen LogP contribution in [0.3, 0.4) is 0 Å². The van der Waals surface area contributed by atoms with E-state index in [9.17, 15) is 27.6 Å². The average molecular weight is 454 g/mol. The van der Waals surface area contributed by atoms with Gasteiger partial charge in [-0.2, -0.15) is 0 Å². The van der Waals surface area contributed by atoms with Crippen LogP contribution in [0.1, 0.15) is 59.7 Å². The summed E-state index contributed by atoms with van der Waals surface area (Å²) >= 11 is 0. The Hall–Kier alpha value is -2.75. The first-order valence-corrected chi connectivity index (χ1v) is 11.7. The molecule has 1 aliphatic rings. The van der Waals surface area contributed by atoms with Crippen molar-refractivity contribution in [2.45, 2.75) is 50.3 Å². The van der Waals surface area contributed by atoms with E-state index in [0.29, 0.717) is 17.7 Å². The molecule has 0 spiro atoms. The first-order chi connectivity index (χ1) is 14.7. The highest BCUT2D eigenvalue weighted by Crippen LogP contribution is 2.28. The summed E-state index contributed by atoms with van der Waals surface area (Å²) in [5.41, 5.74) is 0.192. The Bertz CT molecular complexity index is 921. The van der Waals surface area contributed by atoms with Gasteiger partial charge in [0.1, 0.15) is 6.04 Å². The van der Waals surface area contributed by atoms with E-state index in [-0.39, 0.29) is 16.9 Å². The largest absolute Gasteiger partial charge is 0.468 e. The van der Waals surface area contributed by atoms with E-state index in [1.807, 2.05) is 6.92 Å². The summed E-state index contributed by atoms with van der Waals surface area (Å²) in [6.45, 7) is 1.98. The van der Waals surface area contributed by atoms with Gasteiger partial charge in [-0.3, -0.25) is 19.3 Å². The lowest BCUT2D eigenvalue weighted by Crippen LogP contribution is -2.49. The Kier molecular flexibility index (Phi) is 8.32. The van der Waals surface area contributed by atoms with Gasteiger partial charge in [-0.25, -0.2) is 13.2 Å². The molecular weight excluding hydrogens is 426 g/mol. The van der Waals surface area contributed by atoms with E-state index < -0.39 is 51.3 Å². The third-order valence-corrected chi connectivity index (χ3v) is 7.34. The number of fused-ring (bicyclic) bond motifs is 1. The molecule has 0 aliphatic carbocycles.